The summed E-state index contributed by atoms with van der Waals surface area (Å²) in [6.07, 6.45) is 1.73. The number of carbonyl (C=O) groups is 1. The molecule has 4 aromatic rings. The van der Waals surface area contributed by atoms with Gasteiger partial charge in [0.2, 0.25) is 0 Å². The number of hydrogen-bond acceptors (Lipinski definition) is 4. The number of nitrogens with one attached hydrogen (secondary N) is 1. The molecule has 2 atom stereocenters. The van der Waals surface area contributed by atoms with Gasteiger partial charge < -0.3 is 25.0 Å². The molecule has 2 aromatic heterocycles. The number of phenolic OH excluding ortho intramolecular Hbond substituents is 1. The van der Waals surface area contributed by atoms with Crippen LogP contribution >= 0.6 is 23.8 Å². The van der Waals surface area contributed by atoms with Crippen LogP contribution in [-0.2, 0) is 0 Å². The fourth-order valence-electron chi connectivity index (χ4n) is 4.88. The summed E-state index contributed by atoms with van der Waals surface area (Å²) in [5.74, 6) is -0.930. The van der Waals surface area contributed by atoms with E-state index in [-0.39, 0.29) is 23.4 Å². The van der Waals surface area contributed by atoms with Gasteiger partial charge in [0, 0.05) is 28.3 Å². The van der Waals surface area contributed by atoms with Crippen molar-refractivity contribution < 1.29 is 15.0 Å². The lowest BCUT2D eigenvalue weighted by atomic mass is 9.96. The summed E-state index contributed by atoms with van der Waals surface area (Å²) >= 11 is 12.1. The Hall–Kier alpha value is -3.88. The van der Waals surface area contributed by atoms with Crippen molar-refractivity contribution in [1.29, 1.82) is 0 Å². The Morgan fingerprint density at radius 3 is 2.61 bits per heavy atom. The van der Waals surface area contributed by atoms with E-state index in [1.807, 2.05) is 47.6 Å². The van der Waals surface area contributed by atoms with E-state index in [1.54, 1.807) is 42.6 Å². The zero-order valence-corrected chi connectivity index (χ0v) is 21.1. The summed E-state index contributed by atoms with van der Waals surface area (Å²) in [5, 5.41) is 24.5. The maximum Gasteiger partial charge on any atom is 0.335 e. The molecule has 9 heteroatoms. The van der Waals surface area contributed by atoms with Crippen LogP contribution in [0.15, 0.2) is 72.9 Å². The zero-order chi connectivity index (χ0) is 25.6. The number of rotatable bonds is 5. The molecule has 182 valence electrons. The normalized spacial score (nSPS) is 17.3. The van der Waals surface area contributed by atoms with Gasteiger partial charge >= 0.3 is 5.97 Å². The highest BCUT2D eigenvalue weighted by Gasteiger charge is 2.43. The van der Waals surface area contributed by atoms with Crippen molar-refractivity contribution in [3.63, 3.8) is 0 Å². The summed E-state index contributed by atoms with van der Waals surface area (Å²) in [6.45, 7) is 3.96. The van der Waals surface area contributed by atoms with Gasteiger partial charge in [-0.2, -0.15) is 0 Å². The molecule has 1 saturated heterocycles. The number of carboxylic acids is 1. The third kappa shape index (κ3) is 4.08. The molecule has 1 fully saturated rings. The van der Waals surface area contributed by atoms with E-state index in [4.69, 9.17) is 23.8 Å². The molecule has 2 aromatic carbocycles. The van der Waals surface area contributed by atoms with Crippen LogP contribution in [0.5, 0.6) is 5.75 Å². The number of aromatic nitrogens is 2. The number of pyridine rings is 1. The van der Waals surface area contributed by atoms with Crippen LogP contribution in [0, 0.1) is 13.8 Å². The minimum Gasteiger partial charge on any atom is -0.506 e. The first kappa shape index (κ1) is 23.8. The molecule has 3 N–H and O–H groups in total. The molecule has 0 unspecified atom stereocenters. The van der Waals surface area contributed by atoms with E-state index >= 15 is 0 Å². The van der Waals surface area contributed by atoms with E-state index in [0.29, 0.717) is 15.8 Å². The van der Waals surface area contributed by atoms with Crippen molar-refractivity contribution in [2.24, 2.45) is 0 Å². The first-order valence-electron chi connectivity index (χ1n) is 11.3. The van der Waals surface area contributed by atoms with Crippen LogP contribution in [0.4, 0.5) is 5.69 Å². The number of halogens is 1. The minimum absolute atomic E-state index is 0.0539. The molecule has 0 spiro atoms. The molecule has 0 radical (unpaired) electrons. The highest BCUT2D eigenvalue weighted by molar-refractivity contribution is 7.80. The number of carboxylic acid groups (broad SMARTS) is 1. The monoisotopic (exact) mass is 518 g/mol. The Bertz CT molecular complexity index is 1490. The third-order valence-electron chi connectivity index (χ3n) is 6.44. The number of anilines is 1. The van der Waals surface area contributed by atoms with Gasteiger partial charge in [-0.05, 0) is 86.2 Å². The molecule has 7 nitrogen and oxygen atoms in total. The highest BCUT2D eigenvalue weighted by atomic mass is 35.5. The van der Waals surface area contributed by atoms with Gasteiger partial charge in [-0.3, -0.25) is 4.98 Å². The Morgan fingerprint density at radius 1 is 1.08 bits per heavy atom. The fraction of sp³-hybridized carbons (Fsp3) is 0.148. The average Bonchev–Trinajstić information content (AvgIpc) is 3.36. The van der Waals surface area contributed by atoms with Gasteiger partial charge in [0.15, 0.2) is 5.11 Å². The van der Waals surface area contributed by atoms with Gasteiger partial charge in [-0.1, -0.05) is 23.7 Å². The maximum atomic E-state index is 11.6. The van der Waals surface area contributed by atoms with Crippen molar-refractivity contribution in [3.05, 3.63) is 106 Å². The molecular formula is C27H23ClN4O3S. The predicted octanol–water partition coefficient (Wildman–Crippen LogP) is 5.72. The molecule has 0 bridgehead atoms. The van der Waals surface area contributed by atoms with E-state index in [9.17, 15) is 15.0 Å². The second-order valence-electron chi connectivity index (χ2n) is 8.65. The Labute approximate surface area is 218 Å². The molecule has 36 heavy (non-hydrogen) atoms. The molecule has 0 aliphatic carbocycles. The molecule has 0 amide bonds. The molecule has 0 saturated carbocycles. The lowest BCUT2D eigenvalue weighted by Gasteiger charge is -2.28. The highest BCUT2D eigenvalue weighted by Crippen LogP contribution is 2.46. The van der Waals surface area contributed by atoms with E-state index in [2.05, 4.69) is 16.4 Å². The van der Waals surface area contributed by atoms with Crippen LogP contribution in [0.1, 0.15) is 45.1 Å². The van der Waals surface area contributed by atoms with E-state index in [0.717, 1.165) is 28.3 Å². The molecule has 5 rings (SSSR count). The Kier molecular flexibility index (Phi) is 6.15. The second-order valence-corrected chi connectivity index (χ2v) is 9.47. The standard InChI is InChI=1S/C27H23ClN4O3S/c1-15-12-20(16(2)31(15)19-7-5-6-17(13-19)26(34)35)25-24(21-8-3-4-11-29-21)30-27(36)32(25)22-14-18(28)9-10-23(22)33/h3-14,24-25,33H,1-2H3,(H,30,36)(H,34,35)/t24-,25-/m1/s1. The summed E-state index contributed by atoms with van der Waals surface area (Å²) in [7, 11) is 0. The number of aromatic carboxylic acids is 1. The third-order valence-corrected chi connectivity index (χ3v) is 6.98. The quantitative estimate of drug-likeness (QED) is 0.291. The zero-order valence-electron chi connectivity index (χ0n) is 19.5. The van der Waals surface area contributed by atoms with Crippen molar-refractivity contribution >= 4 is 40.6 Å². The van der Waals surface area contributed by atoms with Gasteiger partial charge in [0.05, 0.1) is 29.0 Å². The SMILES string of the molecule is Cc1cc([C@@H]2[C@@H](c3ccccn3)NC(=S)N2c2cc(Cl)ccc2O)c(C)n1-c1cccc(C(=O)O)c1. The average molecular weight is 519 g/mol. The van der Waals surface area contributed by atoms with Crippen LogP contribution < -0.4 is 10.2 Å². The number of hydrogen-bond donors (Lipinski definition) is 3. The van der Waals surface area contributed by atoms with E-state index in [1.165, 1.54) is 0 Å². The van der Waals surface area contributed by atoms with Crippen molar-refractivity contribution in [2.75, 3.05) is 4.90 Å². The van der Waals surface area contributed by atoms with Gasteiger partial charge in [0.1, 0.15) is 5.75 Å². The smallest absolute Gasteiger partial charge is 0.335 e. The summed E-state index contributed by atoms with van der Waals surface area (Å²) in [4.78, 5) is 18.0. The lowest BCUT2D eigenvalue weighted by Crippen LogP contribution is -2.29. The molecule has 1 aliphatic heterocycles. The molecule has 1 aliphatic rings. The largest absolute Gasteiger partial charge is 0.506 e. The van der Waals surface area contributed by atoms with Crippen molar-refractivity contribution in [1.82, 2.24) is 14.9 Å². The fourth-order valence-corrected chi connectivity index (χ4v) is 5.39. The van der Waals surface area contributed by atoms with Crippen molar-refractivity contribution in [2.45, 2.75) is 25.9 Å². The number of nitrogens with zero attached hydrogens (tertiary/aromatic N) is 3. The van der Waals surface area contributed by atoms with Gasteiger partial charge in [0.25, 0.3) is 0 Å². The van der Waals surface area contributed by atoms with Gasteiger partial charge in [-0.15, -0.1) is 0 Å². The summed E-state index contributed by atoms with van der Waals surface area (Å²) in [5.41, 5.74) is 5.04. The number of thiocarbonyl (C=S) groups is 1. The number of phenols is 1. The minimum atomic E-state index is -0.984. The van der Waals surface area contributed by atoms with Crippen LogP contribution in [0.25, 0.3) is 5.69 Å². The first-order valence-corrected chi connectivity index (χ1v) is 12.1. The van der Waals surface area contributed by atoms with Crippen LogP contribution in [0.2, 0.25) is 5.02 Å². The Morgan fingerprint density at radius 2 is 1.89 bits per heavy atom. The van der Waals surface area contributed by atoms with Gasteiger partial charge in [-0.25, -0.2) is 4.79 Å². The summed E-state index contributed by atoms with van der Waals surface area (Å²) < 4.78 is 2.02. The lowest BCUT2D eigenvalue weighted by molar-refractivity contribution is 0.0697. The number of benzene rings is 2. The van der Waals surface area contributed by atoms with E-state index < -0.39 is 5.97 Å². The maximum absolute atomic E-state index is 11.6. The second kappa shape index (κ2) is 9.29. The van der Waals surface area contributed by atoms with Crippen LogP contribution in [-0.4, -0.2) is 30.8 Å². The Balaban J connectivity index is 1.70. The van der Waals surface area contributed by atoms with Crippen molar-refractivity contribution in [3.8, 4) is 11.4 Å². The number of aromatic hydroxyl groups is 1. The predicted molar refractivity (Wildman–Crippen MR) is 143 cm³/mol. The van der Waals surface area contributed by atoms with Crippen LogP contribution in [0.3, 0.4) is 0 Å². The topological polar surface area (TPSA) is 90.6 Å². The summed E-state index contributed by atoms with van der Waals surface area (Å²) in [6, 6.07) is 18.8. The molecule has 3 heterocycles. The molecular weight excluding hydrogens is 496 g/mol. The number of aryl methyl sites for hydroxylation is 1. The first-order chi connectivity index (χ1) is 17.3.